The first-order valence-electron chi connectivity index (χ1n) is 11.7. The van der Waals surface area contributed by atoms with Gasteiger partial charge >= 0.3 is 0 Å². The molecule has 34 heavy (non-hydrogen) atoms. The Morgan fingerprint density at radius 1 is 1.29 bits per heavy atom. The highest BCUT2D eigenvalue weighted by Crippen LogP contribution is 2.43. The molecule has 2 aliphatic rings. The minimum atomic E-state index is -1.24. The zero-order chi connectivity index (χ0) is 24.3. The predicted molar refractivity (Wildman–Crippen MR) is 130 cm³/mol. The normalized spacial score (nSPS) is 23.1. The Morgan fingerprint density at radius 3 is 2.82 bits per heavy atom. The summed E-state index contributed by atoms with van der Waals surface area (Å²) in [6.45, 7) is 1.50. The van der Waals surface area contributed by atoms with Crippen LogP contribution in [0.3, 0.4) is 0 Å². The topological polar surface area (TPSA) is 83.1 Å². The summed E-state index contributed by atoms with van der Waals surface area (Å²) >= 11 is 1.55. The van der Waals surface area contributed by atoms with Gasteiger partial charge in [-0.15, -0.1) is 11.3 Å². The summed E-state index contributed by atoms with van der Waals surface area (Å²) in [5.74, 6) is -0.0605. The second-order valence-electron chi connectivity index (χ2n) is 9.29. The van der Waals surface area contributed by atoms with Gasteiger partial charge in [0.1, 0.15) is 10.8 Å². The van der Waals surface area contributed by atoms with Crippen molar-refractivity contribution in [2.24, 2.45) is 0 Å². The second kappa shape index (κ2) is 10.2. The molecule has 2 aromatic rings. The molecule has 3 heterocycles. The number of nitrogens with zero attached hydrogens (tertiary/aromatic N) is 4. The molecule has 2 aliphatic heterocycles. The maximum absolute atomic E-state index is 13.8. The molecule has 2 unspecified atom stereocenters. The van der Waals surface area contributed by atoms with Crippen molar-refractivity contribution in [3.05, 3.63) is 46.4 Å². The average Bonchev–Trinajstić information content (AvgIpc) is 3.45. The van der Waals surface area contributed by atoms with Crippen molar-refractivity contribution in [3.63, 3.8) is 0 Å². The van der Waals surface area contributed by atoms with Gasteiger partial charge in [0.05, 0.1) is 18.6 Å². The van der Waals surface area contributed by atoms with E-state index in [1.54, 1.807) is 42.8 Å². The van der Waals surface area contributed by atoms with Crippen molar-refractivity contribution in [2.45, 2.75) is 43.6 Å². The molecule has 1 aromatic heterocycles. The first kappa shape index (κ1) is 24.3. The van der Waals surface area contributed by atoms with Crippen molar-refractivity contribution in [3.8, 4) is 5.75 Å². The highest BCUT2D eigenvalue weighted by atomic mass is 32.1. The number of benzene rings is 1. The summed E-state index contributed by atoms with van der Waals surface area (Å²) < 4.78 is 5.40. The van der Waals surface area contributed by atoms with E-state index in [4.69, 9.17) is 4.74 Å². The number of rotatable bonds is 8. The van der Waals surface area contributed by atoms with E-state index in [1.807, 2.05) is 35.3 Å². The lowest BCUT2D eigenvalue weighted by molar-refractivity contribution is -0.144. The molecule has 0 N–H and O–H groups in total. The van der Waals surface area contributed by atoms with Crippen LogP contribution in [0.15, 0.2) is 35.8 Å². The molecule has 0 radical (unpaired) electrons. The first-order valence-corrected chi connectivity index (χ1v) is 12.6. The number of methoxy groups -OCH3 is 1. The summed E-state index contributed by atoms with van der Waals surface area (Å²) in [5, 5.41) is 2.84. The van der Waals surface area contributed by atoms with Crippen LogP contribution in [0.1, 0.15) is 48.7 Å². The van der Waals surface area contributed by atoms with Gasteiger partial charge < -0.3 is 14.5 Å². The van der Waals surface area contributed by atoms with E-state index < -0.39 is 5.41 Å². The van der Waals surface area contributed by atoms with Crippen LogP contribution in [0, 0.1) is 0 Å². The quantitative estimate of drug-likeness (QED) is 0.536. The van der Waals surface area contributed by atoms with E-state index in [2.05, 4.69) is 4.98 Å². The number of likely N-dealkylation sites (N-methyl/N-ethyl adjacent to an activating group) is 1. The van der Waals surface area contributed by atoms with Crippen molar-refractivity contribution >= 4 is 29.1 Å². The zero-order valence-corrected chi connectivity index (χ0v) is 20.8. The molecular formula is C25H32N4O4S. The highest BCUT2D eigenvalue weighted by Gasteiger charge is 2.54. The molecule has 0 aliphatic carbocycles. The van der Waals surface area contributed by atoms with E-state index in [0.717, 1.165) is 24.3 Å². The minimum Gasteiger partial charge on any atom is -0.497 e. The smallest absolute Gasteiger partial charge is 0.240 e. The molecule has 0 bridgehead atoms. The Labute approximate surface area is 204 Å². The maximum atomic E-state index is 13.8. The molecule has 1 aromatic carbocycles. The summed E-state index contributed by atoms with van der Waals surface area (Å²) in [5.41, 5.74) is -0.589. The SMILES string of the molecule is COc1cccc(C2(CC(=O)N3CCCCC3c3nccs3)CC(=O)N(CCN(C)C)C2=O)c1. The van der Waals surface area contributed by atoms with Gasteiger partial charge in [0.25, 0.3) is 0 Å². The molecule has 182 valence electrons. The number of aromatic nitrogens is 1. The number of thiazole rings is 1. The van der Waals surface area contributed by atoms with Crippen LogP contribution in [-0.4, -0.2) is 78.2 Å². The maximum Gasteiger partial charge on any atom is 0.240 e. The van der Waals surface area contributed by atoms with E-state index in [-0.39, 0.29) is 36.6 Å². The number of hydrogen-bond donors (Lipinski definition) is 0. The lowest BCUT2D eigenvalue weighted by atomic mass is 9.75. The van der Waals surface area contributed by atoms with E-state index in [1.165, 1.54) is 4.90 Å². The predicted octanol–water partition coefficient (Wildman–Crippen LogP) is 2.85. The number of carbonyl (C=O) groups is 3. The largest absolute Gasteiger partial charge is 0.497 e. The van der Waals surface area contributed by atoms with Gasteiger partial charge in [-0.1, -0.05) is 12.1 Å². The van der Waals surface area contributed by atoms with Crippen LogP contribution in [-0.2, 0) is 19.8 Å². The fourth-order valence-electron chi connectivity index (χ4n) is 4.96. The van der Waals surface area contributed by atoms with Gasteiger partial charge in [0, 0.05) is 44.1 Å². The number of imide groups is 1. The number of likely N-dealkylation sites (tertiary alicyclic amines) is 2. The second-order valence-corrected chi connectivity index (χ2v) is 10.2. The Hall–Kier alpha value is -2.78. The number of piperidine rings is 1. The molecule has 3 amide bonds. The van der Waals surface area contributed by atoms with Crippen LogP contribution in [0.5, 0.6) is 5.75 Å². The average molecular weight is 485 g/mol. The van der Waals surface area contributed by atoms with Gasteiger partial charge in [-0.05, 0) is 51.1 Å². The third-order valence-electron chi connectivity index (χ3n) is 6.81. The van der Waals surface area contributed by atoms with Crippen LogP contribution < -0.4 is 4.74 Å². The number of hydrogen-bond acceptors (Lipinski definition) is 7. The van der Waals surface area contributed by atoms with Gasteiger partial charge in [-0.3, -0.25) is 19.3 Å². The minimum absolute atomic E-state index is 0.0199. The van der Waals surface area contributed by atoms with Crippen molar-refractivity contribution in [1.29, 1.82) is 0 Å². The van der Waals surface area contributed by atoms with Crippen LogP contribution in [0.2, 0.25) is 0 Å². The molecule has 0 saturated carbocycles. The van der Waals surface area contributed by atoms with Gasteiger partial charge in [0.15, 0.2) is 0 Å². The van der Waals surface area contributed by atoms with Gasteiger partial charge in [0.2, 0.25) is 17.7 Å². The van der Waals surface area contributed by atoms with Crippen molar-refractivity contribution < 1.29 is 19.1 Å². The molecular weight excluding hydrogens is 452 g/mol. The Balaban J connectivity index is 1.68. The zero-order valence-electron chi connectivity index (χ0n) is 20.0. The Morgan fingerprint density at radius 2 is 2.12 bits per heavy atom. The van der Waals surface area contributed by atoms with E-state index >= 15 is 0 Å². The summed E-state index contributed by atoms with van der Waals surface area (Å²) in [6, 6.07) is 7.13. The summed E-state index contributed by atoms with van der Waals surface area (Å²) in [6.07, 6.45) is 4.50. The standard InChI is InChI=1S/C25H32N4O4S/c1-27(2)12-13-29-22(31)17-25(24(29)32,18-7-6-8-19(15-18)33-3)16-21(30)28-11-5-4-9-20(28)23-26-10-14-34-23/h6-8,10,14-15,20H,4-5,9,11-13,16-17H2,1-3H3. The fourth-order valence-corrected chi connectivity index (χ4v) is 5.74. The van der Waals surface area contributed by atoms with Crippen molar-refractivity contribution in [2.75, 3.05) is 40.8 Å². The lowest BCUT2D eigenvalue weighted by Crippen LogP contribution is -2.46. The van der Waals surface area contributed by atoms with Crippen LogP contribution >= 0.6 is 11.3 Å². The third kappa shape index (κ3) is 4.72. The lowest BCUT2D eigenvalue weighted by Gasteiger charge is -2.37. The van der Waals surface area contributed by atoms with Crippen molar-refractivity contribution in [1.82, 2.24) is 19.7 Å². The molecule has 8 nitrogen and oxygen atoms in total. The summed E-state index contributed by atoms with van der Waals surface area (Å²) in [4.78, 5) is 50.3. The number of ether oxygens (including phenoxy) is 1. The van der Waals surface area contributed by atoms with Crippen LogP contribution in [0.4, 0.5) is 0 Å². The summed E-state index contributed by atoms with van der Waals surface area (Å²) in [7, 11) is 5.37. The number of amides is 3. The Bertz CT molecular complexity index is 1040. The molecule has 2 fully saturated rings. The molecule has 9 heteroatoms. The molecule has 2 saturated heterocycles. The Kier molecular flexibility index (Phi) is 7.33. The highest BCUT2D eigenvalue weighted by molar-refractivity contribution is 7.09. The van der Waals surface area contributed by atoms with E-state index in [0.29, 0.717) is 30.9 Å². The van der Waals surface area contributed by atoms with Gasteiger partial charge in [-0.2, -0.15) is 0 Å². The molecule has 4 rings (SSSR count). The van der Waals surface area contributed by atoms with Crippen LogP contribution in [0.25, 0.3) is 0 Å². The van der Waals surface area contributed by atoms with E-state index in [9.17, 15) is 14.4 Å². The molecule has 0 spiro atoms. The number of carbonyl (C=O) groups excluding carboxylic acids is 3. The third-order valence-corrected chi connectivity index (χ3v) is 7.69. The monoisotopic (exact) mass is 484 g/mol. The van der Waals surface area contributed by atoms with Gasteiger partial charge in [-0.25, -0.2) is 4.98 Å². The first-order chi connectivity index (χ1) is 16.4. The fraction of sp³-hybridized carbons (Fsp3) is 0.520. The molecule has 2 atom stereocenters.